The zero-order chi connectivity index (χ0) is 18.2. The van der Waals surface area contributed by atoms with Crippen molar-refractivity contribution in [2.45, 2.75) is 13.0 Å². The molecule has 0 saturated carbocycles. The summed E-state index contributed by atoms with van der Waals surface area (Å²) >= 11 is 7.00. The van der Waals surface area contributed by atoms with Crippen molar-refractivity contribution in [3.05, 3.63) is 64.9 Å². The number of carbonyl (C=O) groups is 2. The second-order valence-electron chi connectivity index (χ2n) is 5.39. The molecule has 0 aromatic heterocycles. The Morgan fingerprint density at radius 1 is 1.04 bits per heavy atom. The number of benzene rings is 2. The van der Waals surface area contributed by atoms with Gasteiger partial charge in [-0.2, -0.15) is 0 Å². The molecule has 0 fully saturated rings. The molecule has 2 aromatic rings. The lowest BCUT2D eigenvalue weighted by molar-refractivity contribution is -0.119. The number of hydrogen-bond donors (Lipinski definition) is 2. The molecule has 0 unspecified atom stereocenters. The van der Waals surface area contributed by atoms with Crippen LogP contribution in [0.2, 0.25) is 5.02 Å². The fourth-order valence-corrected chi connectivity index (χ4v) is 2.84. The zero-order valence-corrected chi connectivity index (χ0v) is 15.2. The Bertz CT molecular complexity index is 723. The van der Waals surface area contributed by atoms with Crippen molar-refractivity contribution in [1.29, 1.82) is 0 Å². The van der Waals surface area contributed by atoms with Gasteiger partial charge in [0.05, 0.1) is 17.5 Å². The molecule has 2 rings (SSSR count). The van der Waals surface area contributed by atoms with Gasteiger partial charge in [0, 0.05) is 10.7 Å². The van der Waals surface area contributed by atoms with Gasteiger partial charge < -0.3 is 10.6 Å². The van der Waals surface area contributed by atoms with Gasteiger partial charge in [0.2, 0.25) is 11.8 Å². The number of thioether (sulfide) groups is 1. The molecule has 0 radical (unpaired) electrons. The van der Waals surface area contributed by atoms with Gasteiger partial charge in [-0.1, -0.05) is 23.7 Å². The molecule has 0 heterocycles. The van der Waals surface area contributed by atoms with Crippen LogP contribution in [0.5, 0.6) is 0 Å². The molecule has 2 aromatic carbocycles. The average Bonchev–Trinajstić information content (AvgIpc) is 2.57. The molecule has 7 heteroatoms. The molecule has 0 aliphatic rings. The Morgan fingerprint density at radius 2 is 1.64 bits per heavy atom. The third-order valence-electron chi connectivity index (χ3n) is 3.34. The molecule has 2 N–H and O–H groups in total. The van der Waals surface area contributed by atoms with Gasteiger partial charge in [-0.3, -0.25) is 9.59 Å². The van der Waals surface area contributed by atoms with Gasteiger partial charge in [0.25, 0.3) is 0 Å². The van der Waals surface area contributed by atoms with Crippen LogP contribution in [0.4, 0.5) is 10.1 Å². The van der Waals surface area contributed by atoms with Crippen LogP contribution in [0.1, 0.15) is 18.5 Å². The Balaban J connectivity index is 1.70. The topological polar surface area (TPSA) is 58.2 Å². The number of hydrogen-bond acceptors (Lipinski definition) is 3. The van der Waals surface area contributed by atoms with Gasteiger partial charge in [0.15, 0.2) is 0 Å². The molecule has 0 aliphatic heterocycles. The van der Waals surface area contributed by atoms with Crippen LogP contribution in [0.3, 0.4) is 0 Å². The first-order valence-corrected chi connectivity index (χ1v) is 9.15. The molecule has 0 saturated heterocycles. The van der Waals surface area contributed by atoms with Gasteiger partial charge in [-0.25, -0.2) is 4.39 Å². The summed E-state index contributed by atoms with van der Waals surface area (Å²) in [4.78, 5) is 23.7. The van der Waals surface area contributed by atoms with E-state index < -0.39 is 0 Å². The Hall–Kier alpha value is -2.05. The van der Waals surface area contributed by atoms with Crippen LogP contribution in [-0.2, 0) is 9.59 Å². The number of nitrogens with one attached hydrogen (secondary N) is 2. The molecule has 1 atom stereocenters. The predicted octanol–water partition coefficient (Wildman–Crippen LogP) is 4.03. The van der Waals surface area contributed by atoms with E-state index in [4.69, 9.17) is 11.6 Å². The maximum atomic E-state index is 12.9. The lowest BCUT2D eigenvalue weighted by Gasteiger charge is -2.14. The third-order valence-corrected chi connectivity index (χ3v) is 4.53. The normalized spacial score (nSPS) is 11.6. The van der Waals surface area contributed by atoms with E-state index in [-0.39, 0.29) is 35.2 Å². The third kappa shape index (κ3) is 6.76. The van der Waals surface area contributed by atoms with E-state index in [0.29, 0.717) is 10.7 Å². The van der Waals surface area contributed by atoms with Crippen molar-refractivity contribution in [2.75, 3.05) is 16.8 Å². The maximum Gasteiger partial charge on any atom is 0.234 e. The molecular formula is C18H18ClFN2O2S. The summed E-state index contributed by atoms with van der Waals surface area (Å²) in [5.74, 6) is -0.349. The number of halogens is 2. The highest BCUT2D eigenvalue weighted by Gasteiger charge is 2.11. The predicted molar refractivity (Wildman–Crippen MR) is 100 cm³/mol. The Labute approximate surface area is 155 Å². The smallest absolute Gasteiger partial charge is 0.234 e. The van der Waals surface area contributed by atoms with Crippen molar-refractivity contribution in [3.63, 3.8) is 0 Å². The molecule has 4 nitrogen and oxygen atoms in total. The number of amides is 2. The lowest BCUT2D eigenvalue weighted by atomic mass is 10.1. The van der Waals surface area contributed by atoms with Crippen LogP contribution in [0.15, 0.2) is 48.5 Å². The second kappa shape index (κ2) is 9.44. The SMILES string of the molecule is C[C@@H](NC(=O)CSCC(=O)Nc1ccc(Cl)cc1)c1ccc(F)cc1. The minimum atomic E-state index is -0.315. The second-order valence-corrected chi connectivity index (χ2v) is 6.81. The fraction of sp³-hybridized carbons (Fsp3) is 0.222. The van der Waals surface area contributed by atoms with E-state index in [1.165, 1.54) is 23.9 Å². The van der Waals surface area contributed by atoms with E-state index in [9.17, 15) is 14.0 Å². The maximum absolute atomic E-state index is 12.9. The van der Waals surface area contributed by atoms with Crippen molar-refractivity contribution in [1.82, 2.24) is 5.32 Å². The lowest BCUT2D eigenvalue weighted by Crippen LogP contribution is -2.28. The van der Waals surface area contributed by atoms with Gasteiger partial charge >= 0.3 is 0 Å². The molecule has 0 bridgehead atoms. The van der Waals surface area contributed by atoms with Crippen molar-refractivity contribution >= 4 is 40.9 Å². The summed E-state index contributed by atoms with van der Waals surface area (Å²) < 4.78 is 12.9. The summed E-state index contributed by atoms with van der Waals surface area (Å²) in [6.07, 6.45) is 0. The van der Waals surface area contributed by atoms with E-state index in [2.05, 4.69) is 10.6 Å². The zero-order valence-electron chi connectivity index (χ0n) is 13.6. The van der Waals surface area contributed by atoms with E-state index in [0.717, 1.165) is 5.56 Å². The first-order chi connectivity index (χ1) is 11.9. The summed E-state index contributed by atoms with van der Waals surface area (Å²) in [5, 5.41) is 6.14. The van der Waals surface area contributed by atoms with Crippen molar-refractivity contribution in [2.24, 2.45) is 0 Å². The molecule has 25 heavy (non-hydrogen) atoms. The van der Waals surface area contributed by atoms with Crippen LogP contribution in [0, 0.1) is 5.82 Å². The van der Waals surface area contributed by atoms with E-state index in [1.54, 1.807) is 36.4 Å². The Morgan fingerprint density at radius 3 is 2.28 bits per heavy atom. The highest BCUT2D eigenvalue weighted by molar-refractivity contribution is 8.00. The number of carbonyl (C=O) groups excluding carboxylic acids is 2. The molecular weight excluding hydrogens is 363 g/mol. The van der Waals surface area contributed by atoms with Crippen LogP contribution >= 0.6 is 23.4 Å². The van der Waals surface area contributed by atoms with Gasteiger partial charge in [-0.15, -0.1) is 11.8 Å². The van der Waals surface area contributed by atoms with Crippen LogP contribution in [0.25, 0.3) is 0 Å². The van der Waals surface area contributed by atoms with E-state index >= 15 is 0 Å². The molecule has 2 amide bonds. The highest BCUT2D eigenvalue weighted by atomic mass is 35.5. The van der Waals surface area contributed by atoms with Crippen LogP contribution < -0.4 is 10.6 Å². The van der Waals surface area contributed by atoms with Gasteiger partial charge in [0.1, 0.15) is 5.82 Å². The fourth-order valence-electron chi connectivity index (χ4n) is 2.08. The van der Waals surface area contributed by atoms with Crippen LogP contribution in [-0.4, -0.2) is 23.3 Å². The summed E-state index contributed by atoms with van der Waals surface area (Å²) in [6, 6.07) is 12.5. The van der Waals surface area contributed by atoms with E-state index in [1.807, 2.05) is 6.92 Å². The monoisotopic (exact) mass is 380 g/mol. The minimum Gasteiger partial charge on any atom is -0.349 e. The molecule has 0 aliphatic carbocycles. The number of rotatable bonds is 7. The first kappa shape index (κ1) is 19.3. The summed E-state index contributed by atoms with van der Waals surface area (Å²) in [5.41, 5.74) is 1.48. The van der Waals surface area contributed by atoms with Crippen molar-refractivity contribution < 1.29 is 14.0 Å². The molecule has 132 valence electrons. The average molecular weight is 381 g/mol. The minimum absolute atomic E-state index is 0.166. The largest absolute Gasteiger partial charge is 0.349 e. The highest BCUT2D eigenvalue weighted by Crippen LogP contribution is 2.15. The quantitative estimate of drug-likeness (QED) is 0.762. The standard InChI is InChI=1S/C18H18ClFN2O2S/c1-12(13-2-6-15(20)7-3-13)21-17(23)10-25-11-18(24)22-16-8-4-14(19)5-9-16/h2-9,12H,10-11H2,1H3,(H,21,23)(H,22,24)/t12-/m1/s1. The summed E-state index contributed by atoms with van der Waals surface area (Å²) in [6.45, 7) is 1.82. The first-order valence-electron chi connectivity index (χ1n) is 7.62. The van der Waals surface area contributed by atoms with Crippen molar-refractivity contribution in [3.8, 4) is 0 Å². The number of anilines is 1. The van der Waals surface area contributed by atoms with Gasteiger partial charge in [-0.05, 0) is 48.9 Å². The molecule has 0 spiro atoms. The Kier molecular flexibility index (Phi) is 7.28. The summed E-state index contributed by atoms with van der Waals surface area (Å²) in [7, 11) is 0.